The summed E-state index contributed by atoms with van der Waals surface area (Å²) in [4.78, 5) is 3.78. The van der Waals surface area contributed by atoms with Gasteiger partial charge in [-0.15, -0.1) is 0 Å². The minimum atomic E-state index is 0.621. The SMILES string of the molecule is CC(C)c1ccc2[nH]c3c(c2c1)CC[C@H]1CCCC[C@H]31. The number of hydrogen-bond donors (Lipinski definition) is 1. The normalized spacial score (nSPS) is 25.8. The summed E-state index contributed by atoms with van der Waals surface area (Å²) in [6.07, 6.45) is 8.44. The molecule has 0 amide bonds. The zero-order valence-corrected chi connectivity index (χ0v) is 12.7. The van der Waals surface area contributed by atoms with Gasteiger partial charge in [-0.2, -0.15) is 0 Å². The Hall–Kier alpha value is -1.24. The van der Waals surface area contributed by atoms with E-state index < -0.39 is 0 Å². The number of rotatable bonds is 1. The van der Waals surface area contributed by atoms with E-state index in [1.54, 1.807) is 11.3 Å². The summed E-state index contributed by atoms with van der Waals surface area (Å²) < 4.78 is 0. The number of H-pyrrole nitrogens is 1. The third kappa shape index (κ3) is 1.82. The Morgan fingerprint density at radius 2 is 1.95 bits per heavy atom. The molecule has 2 atom stereocenters. The molecule has 0 spiro atoms. The maximum Gasteiger partial charge on any atom is 0.0459 e. The fraction of sp³-hybridized carbons (Fsp3) is 0.579. The highest BCUT2D eigenvalue weighted by Crippen LogP contribution is 2.46. The van der Waals surface area contributed by atoms with Crippen molar-refractivity contribution in [3.05, 3.63) is 35.0 Å². The van der Waals surface area contributed by atoms with Crippen LogP contribution in [-0.4, -0.2) is 4.98 Å². The first-order chi connectivity index (χ1) is 9.74. The molecule has 106 valence electrons. The zero-order valence-electron chi connectivity index (χ0n) is 12.7. The highest BCUT2D eigenvalue weighted by Gasteiger charge is 2.33. The minimum absolute atomic E-state index is 0.621. The molecule has 0 bridgehead atoms. The van der Waals surface area contributed by atoms with Crippen molar-refractivity contribution in [2.24, 2.45) is 5.92 Å². The lowest BCUT2D eigenvalue weighted by atomic mass is 9.70. The lowest BCUT2D eigenvalue weighted by molar-refractivity contribution is 0.272. The van der Waals surface area contributed by atoms with Crippen LogP contribution in [0.4, 0.5) is 0 Å². The Morgan fingerprint density at radius 3 is 2.80 bits per heavy atom. The third-order valence-corrected chi connectivity index (χ3v) is 5.67. The molecule has 0 aliphatic heterocycles. The molecule has 2 aromatic rings. The van der Waals surface area contributed by atoms with Gasteiger partial charge in [0.1, 0.15) is 0 Å². The monoisotopic (exact) mass is 267 g/mol. The maximum atomic E-state index is 3.78. The lowest BCUT2D eigenvalue weighted by Gasteiger charge is -2.35. The van der Waals surface area contributed by atoms with Crippen molar-refractivity contribution in [2.75, 3.05) is 0 Å². The fourth-order valence-corrected chi connectivity index (χ4v) is 4.49. The summed E-state index contributed by atoms with van der Waals surface area (Å²) in [5.74, 6) is 2.40. The highest BCUT2D eigenvalue weighted by atomic mass is 14.7. The molecule has 0 saturated heterocycles. The topological polar surface area (TPSA) is 15.8 Å². The van der Waals surface area contributed by atoms with Gasteiger partial charge < -0.3 is 4.98 Å². The van der Waals surface area contributed by atoms with Crippen LogP contribution in [0.1, 0.15) is 74.6 Å². The molecule has 1 nitrogen and oxygen atoms in total. The lowest BCUT2D eigenvalue weighted by Crippen LogP contribution is -2.23. The summed E-state index contributed by atoms with van der Waals surface area (Å²) >= 11 is 0. The van der Waals surface area contributed by atoms with Crippen LogP contribution in [0.25, 0.3) is 10.9 Å². The van der Waals surface area contributed by atoms with E-state index in [0.29, 0.717) is 5.92 Å². The van der Waals surface area contributed by atoms with E-state index in [1.165, 1.54) is 55.0 Å². The van der Waals surface area contributed by atoms with E-state index in [2.05, 4.69) is 37.0 Å². The molecule has 1 aromatic heterocycles. The first-order valence-corrected chi connectivity index (χ1v) is 8.38. The molecular weight excluding hydrogens is 242 g/mol. The molecule has 1 fully saturated rings. The van der Waals surface area contributed by atoms with Crippen LogP contribution < -0.4 is 0 Å². The molecule has 1 heteroatoms. The van der Waals surface area contributed by atoms with Crippen molar-refractivity contribution in [3.63, 3.8) is 0 Å². The predicted octanol–water partition coefficient (Wildman–Crippen LogP) is 5.51. The Labute approximate surface area is 121 Å². The van der Waals surface area contributed by atoms with Gasteiger partial charge in [-0.25, -0.2) is 0 Å². The van der Waals surface area contributed by atoms with E-state index in [-0.39, 0.29) is 0 Å². The summed E-state index contributed by atoms with van der Waals surface area (Å²) in [5, 5.41) is 1.51. The van der Waals surface area contributed by atoms with Crippen LogP contribution in [0.3, 0.4) is 0 Å². The molecule has 2 aliphatic rings. The van der Waals surface area contributed by atoms with Gasteiger partial charge in [-0.1, -0.05) is 32.8 Å². The quantitative estimate of drug-likeness (QED) is 0.701. The molecular formula is C19H25N. The Bertz CT molecular complexity index is 634. The van der Waals surface area contributed by atoms with Gasteiger partial charge in [0.15, 0.2) is 0 Å². The van der Waals surface area contributed by atoms with E-state index in [9.17, 15) is 0 Å². The van der Waals surface area contributed by atoms with E-state index in [4.69, 9.17) is 0 Å². The molecule has 4 rings (SSSR count). The molecule has 0 radical (unpaired) electrons. The second kappa shape index (κ2) is 4.65. The van der Waals surface area contributed by atoms with Crippen molar-refractivity contribution in [1.82, 2.24) is 4.98 Å². The second-order valence-corrected chi connectivity index (χ2v) is 7.17. The molecule has 20 heavy (non-hydrogen) atoms. The largest absolute Gasteiger partial charge is 0.358 e. The van der Waals surface area contributed by atoms with Crippen LogP contribution >= 0.6 is 0 Å². The van der Waals surface area contributed by atoms with E-state index in [1.807, 2.05) is 0 Å². The fourth-order valence-electron chi connectivity index (χ4n) is 4.49. The van der Waals surface area contributed by atoms with Crippen molar-refractivity contribution in [1.29, 1.82) is 0 Å². The van der Waals surface area contributed by atoms with Gasteiger partial charge in [0.25, 0.3) is 0 Å². The van der Waals surface area contributed by atoms with Crippen molar-refractivity contribution in [3.8, 4) is 0 Å². The second-order valence-electron chi connectivity index (χ2n) is 7.17. The number of aromatic amines is 1. The number of aryl methyl sites for hydroxylation is 1. The first kappa shape index (κ1) is 12.5. The average molecular weight is 267 g/mol. The van der Waals surface area contributed by atoms with Crippen LogP contribution in [0, 0.1) is 5.92 Å². The summed E-state index contributed by atoms with van der Waals surface area (Å²) in [7, 11) is 0. The Balaban J connectivity index is 1.85. The number of nitrogens with one attached hydrogen (secondary N) is 1. The zero-order chi connectivity index (χ0) is 13.7. The van der Waals surface area contributed by atoms with Crippen LogP contribution in [0.5, 0.6) is 0 Å². The third-order valence-electron chi connectivity index (χ3n) is 5.67. The summed E-state index contributed by atoms with van der Waals surface area (Å²) in [6, 6.07) is 7.05. The molecule has 0 unspecified atom stereocenters. The Morgan fingerprint density at radius 1 is 1.10 bits per heavy atom. The summed E-state index contributed by atoms with van der Waals surface area (Å²) in [5.41, 5.74) is 6.08. The Kier molecular flexibility index (Phi) is 2.90. The molecule has 1 saturated carbocycles. The van der Waals surface area contributed by atoms with Crippen molar-refractivity contribution < 1.29 is 0 Å². The standard InChI is InChI=1S/C19H25N/c1-12(2)14-8-10-18-17(11-14)16-9-7-13-5-3-4-6-15(13)19(16)20-18/h8,10-13,15,20H,3-7,9H2,1-2H3/t13-,15+/m1/s1. The highest BCUT2D eigenvalue weighted by molar-refractivity contribution is 5.86. The number of aromatic nitrogens is 1. The summed E-state index contributed by atoms with van der Waals surface area (Å²) in [6.45, 7) is 4.58. The first-order valence-electron chi connectivity index (χ1n) is 8.38. The van der Waals surface area contributed by atoms with Crippen molar-refractivity contribution in [2.45, 2.75) is 64.2 Å². The van der Waals surface area contributed by atoms with E-state index in [0.717, 1.165) is 11.8 Å². The smallest absolute Gasteiger partial charge is 0.0459 e. The van der Waals surface area contributed by atoms with Crippen molar-refractivity contribution >= 4 is 10.9 Å². The minimum Gasteiger partial charge on any atom is -0.358 e. The predicted molar refractivity (Wildman–Crippen MR) is 85.4 cm³/mol. The molecule has 1 N–H and O–H groups in total. The van der Waals surface area contributed by atoms with Gasteiger partial charge in [0.05, 0.1) is 0 Å². The number of fused-ring (bicyclic) bond motifs is 5. The molecule has 1 heterocycles. The van der Waals surface area contributed by atoms with E-state index >= 15 is 0 Å². The van der Waals surface area contributed by atoms with Gasteiger partial charge in [-0.3, -0.25) is 0 Å². The van der Waals surface area contributed by atoms with Gasteiger partial charge in [-0.05, 0) is 60.8 Å². The van der Waals surface area contributed by atoms with Crippen LogP contribution in [0.15, 0.2) is 18.2 Å². The number of benzene rings is 1. The van der Waals surface area contributed by atoms with Crippen LogP contribution in [-0.2, 0) is 6.42 Å². The van der Waals surface area contributed by atoms with Crippen LogP contribution in [0.2, 0.25) is 0 Å². The van der Waals surface area contributed by atoms with Gasteiger partial charge in [0.2, 0.25) is 0 Å². The molecule has 1 aromatic carbocycles. The maximum absolute atomic E-state index is 3.78. The van der Waals surface area contributed by atoms with Gasteiger partial charge >= 0.3 is 0 Å². The van der Waals surface area contributed by atoms with Gasteiger partial charge in [0, 0.05) is 22.5 Å². The molecule has 2 aliphatic carbocycles. The number of hydrogen-bond acceptors (Lipinski definition) is 0. The average Bonchev–Trinajstić information content (AvgIpc) is 2.85.